The van der Waals surface area contributed by atoms with Crippen LogP contribution in [0.5, 0.6) is 0 Å². The predicted molar refractivity (Wildman–Crippen MR) is 119 cm³/mol. The van der Waals surface area contributed by atoms with Crippen molar-refractivity contribution in [3.8, 4) is 0 Å². The topological polar surface area (TPSA) is 0 Å². The van der Waals surface area contributed by atoms with E-state index in [2.05, 4.69) is 83.1 Å². The van der Waals surface area contributed by atoms with Gasteiger partial charge in [-0.1, -0.05) is 98.9 Å². The monoisotopic (exact) mass is 494 g/mol. The zero-order valence-corrected chi connectivity index (χ0v) is 22.7. The maximum absolute atomic E-state index is 2.35. The molecule has 0 spiro atoms. The van der Waals surface area contributed by atoms with Gasteiger partial charge in [0.05, 0.1) is 0 Å². The Hall–Kier alpha value is 2.06. The average molecular weight is 494 g/mol. The Morgan fingerprint density at radius 3 is 0.435 bits per heavy atom. The summed E-state index contributed by atoms with van der Waals surface area (Å²) in [4.78, 5) is 0. The van der Waals surface area contributed by atoms with Crippen molar-refractivity contribution in [3.05, 3.63) is 0 Å². The SMILES string of the molecule is CC(C)P(C(C)C)C(C)C.CC(C)P(C(C)C)C(C)C.Cl.Cl.[Ru]. The van der Waals surface area contributed by atoms with Crippen LogP contribution in [0.2, 0.25) is 0 Å². The Kier molecular flexibility index (Phi) is 29.5. The van der Waals surface area contributed by atoms with E-state index in [1.54, 1.807) is 0 Å². The van der Waals surface area contributed by atoms with Crippen LogP contribution in [0.15, 0.2) is 0 Å². The molecule has 0 fully saturated rings. The molecule has 0 nitrogen and oxygen atoms in total. The molecule has 0 heterocycles. The van der Waals surface area contributed by atoms with Gasteiger partial charge in [0, 0.05) is 19.5 Å². The van der Waals surface area contributed by atoms with Gasteiger partial charge >= 0.3 is 0 Å². The normalized spacial score (nSPS) is 11.0. The Morgan fingerprint density at radius 2 is 0.435 bits per heavy atom. The summed E-state index contributed by atoms with van der Waals surface area (Å²) in [7, 11) is 0.525. The van der Waals surface area contributed by atoms with E-state index in [-0.39, 0.29) is 60.1 Å². The van der Waals surface area contributed by atoms with Crippen molar-refractivity contribution in [1.82, 2.24) is 0 Å². The van der Waals surface area contributed by atoms with E-state index in [0.717, 1.165) is 34.0 Å². The summed E-state index contributed by atoms with van der Waals surface area (Å²) in [5.41, 5.74) is 5.39. The molecule has 0 saturated carbocycles. The van der Waals surface area contributed by atoms with Gasteiger partial charge in [0.15, 0.2) is 0 Å². The predicted octanol–water partition coefficient (Wildman–Crippen LogP) is 8.23. The quantitative estimate of drug-likeness (QED) is 0.258. The van der Waals surface area contributed by atoms with Crippen LogP contribution in [0.1, 0.15) is 83.1 Å². The van der Waals surface area contributed by atoms with Gasteiger partial charge in [-0.25, -0.2) is 0 Å². The van der Waals surface area contributed by atoms with Crippen LogP contribution in [0, 0.1) is 0 Å². The molecular formula is C18H44Cl2P2Ru. The molecule has 0 N–H and O–H groups in total. The maximum Gasteiger partial charge on any atom is 0 e. The minimum Gasteiger partial charge on any atom is -0.147 e. The van der Waals surface area contributed by atoms with E-state index in [9.17, 15) is 0 Å². The molecule has 0 rings (SSSR count). The van der Waals surface area contributed by atoms with Crippen molar-refractivity contribution in [1.29, 1.82) is 0 Å². The van der Waals surface area contributed by atoms with Crippen molar-refractivity contribution < 1.29 is 19.5 Å². The largest absolute Gasteiger partial charge is 0.147 e. The van der Waals surface area contributed by atoms with Gasteiger partial charge < -0.3 is 0 Å². The van der Waals surface area contributed by atoms with Crippen LogP contribution in [-0.4, -0.2) is 34.0 Å². The first-order valence-corrected chi connectivity index (χ1v) is 11.6. The maximum atomic E-state index is 2.35. The standard InChI is InChI=1S/2C9H21P.2ClH.Ru/c2*1-7(2)10(8(3)4)9(5)6;;;/h2*7-9H,1-6H3;2*1H;. The number of halogens is 2. The fourth-order valence-corrected chi connectivity index (χ4v) is 10.7. The van der Waals surface area contributed by atoms with E-state index >= 15 is 0 Å². The van der Waals surface area contributed by atoms with E-state index in [4.69, 9.17) is 0 Å². The van der Waals surface area contributed by atoms with Gasteiger partial charge in [-0.2, -0.15) is 0 Å². The van der Waals surface area contributed by atoms with E-state index in [0.29, 0.717) is 0 Å². The van der Waals surface area contributed by atoms with Gasteiger partial charge in [-0.05, 0) is 34.0 Å². The molecule has 0 aliphatic carbocycles. The van der Waals surface area contributed by atoms with Crippen LogP contribution in [0.4, 0.5) is 0 Å². The summed E-state index contributed by atoms with van der Waals surface area (Å²) in [6.45, 7) is 28.2. The minimum atomic E-state index is 0. The summed E-state index contributed by atoms with van der Waals surface area (Å²) in [5.74, 6) is 0. The van der Waals surface area contributed by atoms with Crippen LogP contribution in [0.25, 0.3) is 0 Å². The third-order valence-corrected chi connectivity index (χ3v) is 10.7. The first kappa shape index (κ1) is 36.1. The van der Waals surface area contributed by atoms with Crippen LogP contribution >= 0.6 is 40.7 Å². The summed E-state index contributed by atoms with van der Waals surface area (Å²) in [6.07, 6.45) is 0. The molecule has 0 aromatic rings. The first-order valence-electron chi connectivity index (χ1n) is 8.48. The second-order valence-corrected chi connectivity index (χ2v) is 15.4. The molecule has 0 amide bonds. The fourth-order valence-electron chi connectivity index (χ4n) is 3.58. The summed E-state index contributed by atoms with van der Waals surface area (Å²) in [6, 6.07) is 0. The van der Waals surface area contributed by atoms with Crippen LogP contribution < -0.4 is 0 Å². The molecule has 0 radical (unpaired) electrons. The van der Waals surface area contributed by atoms with Crippen molar-refractivity contribution in [2.75, 3.05) is 0 Å². The summed E-state index contributed by atoms with van der Waals surface area (Å²) < 4.78 is 0. The molecule has 5 heteroatoms. The third-order valence-electron chi connectivity index (χ3n) is 3.58. The zero-order chi connectivity index (χ0) is 16.6. The van der Waals surface area contributed by atoms with Gasteiger partial charge in [0.1, 0.15) is 0 Å². The van der Waals surface area contributed by atoms with Crippen molar-refractivity contribution in [2.45, 2.75) is 117 Å². The fraction of sp³-hybridized carbons (Fsp3) is 1.00. The molecule has 0 aromatic heterocycles. The first-order chi connectivity index (χ1) is 8.93. The summed E-state index contributed by atoms with van der Waals surface area (Å²) in [5, 5.41) is 0. The van der Waals surface area contributed by atoms with Gasteiger partial charge in [0.2, 0.25) is 0 Å². The smallest absolute Gasteiger partial charge is 0 e. The second-order valence-electron chi connectivity index (χ2n) is 7.46. The van der Waals surface area contributed by atoms with Crippen molar-refractivity contribution in [3.63, 3.8) is 0 Å². The van der Waals surface area contributed by atoms with Gasteiger partial charge in [-0.3, -0.25) is 0 Å². The Balaban J connectivity index is -0.0000000831. The molecule has 23 heavy (non-hydrogen) atoms. The Labute approximate surface area is 176 Å². The average Bonchev–Trinajstić information content (AvgIpc) is 2.12. The number of hydrogen-bond acceptors (Lipinski definition) is 0. The zero-order valence-electron chi connectivity index (χ0n) is 17.5. The Bertz CT molecular complexity index is 171. The molecule has 0 atom stereocenters. The molecule has 0 aliphatic heterocycles. The molecule has 148 valence electrons. The molecule has 0 saturated heterocycles. The van der Waals surface area contributed by atoms with E-state index < -0.39 is 0 Å². The molecule has 0 aliphatic rings. The van der Waals surface area contributed by atoms with Gasteiger partial charge in [-0.15, -0.1) is 24.8 Å². The van der Waals surface area contributed by atoms with E-state index in [1.807, 2.05) is 0 Å². The van der Waals surface area contributed by atoms with Crippen molar-refractivity contribution in [2.24, 2.45) is 0 Å². The Morgan fingerprint density at radius 1 is 0.348 bits per heavy atom. The number of rotatable bonds is 6. The molecule has 0 aromatic carbocycles. The second kappa shape index (κ2) is 18.8. The number of hydrogen-bond donors (Lipinski definition) is 0. The van der Waals surface area contributed by atoms with Crippen LogP contribution in [0.3, 0.4) is 0 Å². The van der Waals surface area contributed by atoms with Gasteiger partial charge in [0.25, 0.3) is 0 Å². The third kappa shape index (κ3) is 17.2. The minimum absolute atomic E-state index is 0. The molecular weight excluding hydrogens is 450 g/mol. The van der Waals surface area contributed by atoms with Crippen LogP contribution in [-0.2, 0) is 19.5 Å². The molecule has 0 unspecified atom stereocenters. The van der Waals surface area contributed by atoms with Crippen molar-refractivity contribution >= 4 is 40.7 Å². The molecule has 0 bridgehead atoms. The van der Waals surface area contributed by atoms with E-state index in [1.165, 1.54) is 0 Å². The summed E-state index contributed by atoms with van der Waals surface area (Å²) >= 11 is 0.